The number of nitrogens with two attached hydrogens (primary N) is 1. The lowest BCUT2D eigenvalue weighted by Crippen LogP contribution is -1.90. The molecule has 0 aliphatic heterocycles. The zero-order chi connectivity index (χ0) is 8.55. The number of nitrogen functional groups attached to an aromatic ring is 1. The van der Waals surface area contributed by atoms with Crippen molar-refractivity contribution in [2.45, 2.75) is 0 Å². The number of hydrogen-bond donors (Lipinski definition) is 2. The second-order valence-electron chi connectivity index (χ2n) is 2.50. The van der Waals surface area contributed by atoms with Crippen LogP contribution in [0.3, 0.4) is 0 Å². The third-order valence-corrected chi connectivity index (χ3v) is 1.65. The Kier molecular flexibility index (Phi) is 1.33. The topological polar surface area (TPSA) is 72.0 Å². The van der Waals surface area contributed by atoms with E-state index >= 15 is 0 Å². The number of benzene rings is 1. The number of rotatable bonds is 0. The van der Waals surface area contributed by atoms with Crippen molar-refractivity contribution >= 4 is 16.6 Å². The third-order valence-electron chi connectivity index (χ3n) is 1.65. The van der Waals surface area contributed by atoms with Gasteiger partial charge < -0.3 is 10.8 Å². The largest absolute Gasteiger partial charge is 0.508 e. The minimum Gasteiger partial charge on any atom is -0.508 e. The van der Waals surface area contributed by atoms with Crippen LogP contribution in [0.25, 0.3) is 10.9 Å². The molecule has 0 aliphatic carbocycles. The van der Waals surface area contributed by atoms with Gasteiger partial charge in [0.05, 0.1) is 17.4 Å². The molecular weight excluding hydrogens is 154 g/mol. The SMILES string of the molecule is Nc1cnnc2cc(O)ccc12. The Labute approximate surface area is 68.7 Å². The Balaban J connectivity index is 2.86. The summed E-state index contributed by atoms with van der Waals surface area (Å²) in [6.45, 7) is 0. The number of hydrogen-bond acceptors (Lipinski definition) is 4. The standard InChI is InChI=1S/C8H7N3O/c9-7-4-10-11-8-3-5(12)1-2-6(7)8/h1-4,12H,(H2,9,11). The zero-order valence-corrected chi connectivity index (χ0v) is 6.23. The number of aromatic nitrogens is 2. The summed E-state index contributed by atoms with van der Waals surface area (Å²) >= 11 is 0. The molecule has 0 radical (unpaired) electrons. The molecule has 0 spiro atoms. The first kappa shape index (κ1) is 6.84. The highest BCUT2D eigenvalue weighted by molar-refractivity contribution is 5.89. The molecule has 0 saturated carbocycles. The van der Waals surface area contributed by atoms with Gasteiger partial charge in [0.15, 0.2) is 0 Å². The van der Waals surface area contributed by atoms with E-state index in [1.165, 1.54) is 12.3 Å². The fraction of sp³-hybridized carbons (Fsp3) is 0. The summed E-state index contributed by atoms with van der Waals surface area (Å²) in [4.78, 5) is 0. The fourth-order valence-corrected chi connectivity index (χ4v) is 1.07. The van der Waals surface area contributed by atoms with Crippen molar-refractivity contribution in [3.05, 3.63) is 24.4 Å². The van der Waals surface area contributed by atoms with Crippen molar-refractivity contribution in [3.63, 3.8) is 0 Å². The summed E-state index contributed by atoms with van der Waals surface area (Å²) in [6.07, 6.45) is 1.49. The quantitative estimate of drug-likeness (QED) is 0.602. The number of phenols is 1. The molecule has 60 valence electrons. The van der Waals surface area contributed by atoms with E-state index < -0.39 is 0 Å². The summed E-state index contributed by atoms with van der Waals surface area (Å²) < 4.78 is 0. The molecule has 4 nitrogen and oxygen atoms in total. The monoisotopic (exact) mass is 161 g/mol. The molecule has 12 heavy (non-hydrogen) atoms. The molecule has 0 unspecified atom stereocenters. The Bertz CT molecular complexity index is 428. The van der Waals surface area contributed by atoms with Crippen molar-refractivity contribution in [3.8, 4) is 5.75 Å². The summed E-state index contributed by atoms with van der Waals surface area (Å²) in [5, 5.41) is 17.4. The lowest BCUT2D eigenvalue weighted by atomic mass is 10.2. The minimum atomic E-state index is 0.169. The van der Waals surface area contributed by atoms with Crippen LogP contribution in [0.4, 0.5) is 5.69 Å². The normalized spacial score (nSPS) is 10.3. The maximum Gasteiger partial charge on any atom is 0.117 e. The average molecular weight is 161 g/mol. The van der Waals surface area contributed by atoms with Crippen molar-refractivity contribution in [2.75, 3.05) is 5.73 Å². The lowest BCUT2D eigenvalue weighted by Gasteiger charge is -1.98. The van der Waals surface area contributed by atoms with Crippen LogP contribution in [0.5, 0.6) is 5.75 Å². The van der Waals surface area contributed by atoms with Crippen LogP contribution in [0, 0.1) is 0 Å². The molecule has 0 aliphatic rings. The molecule has 2 aromatic rings. The van der Waals surface area contributed by atoms with Crippen LogP contribution in [-0.2, 0) is 0 Å². The third kappa shape index (κ3) is 0.934. The van der Waals surface area contributed by atoms with Gasteiger partial charge in [-0.2, -0.15) is 10.2 Å². The van der Waals surface area contributed by atoms with Crippen molar-refractivity contribution in [1.82, 2.24) is 10.2 Å². The molecule has 0 saturated heterocycles. The summed E-state index contributed by atoms with van der Waals surface area (Å²) in [5.41, 5.74) is 6.80. The first-order valence-electron chi connectivity index (χ1n) is 3.47. The van der Waals surface area contributed by atoms with Gasteiger partial charge in [0, 0.05) is 11.5 Å². The van der Waals surface area contributed by atoms with Crippen LogP contribution in [-0.4, -0.2) is 15.3 Å². The highest BCUT2D eigenvalue weighted by Gasteiger charge is 1.99. The molecule has 3 N–H and O–H groups in total. The summed E-state index contributed by atoms with van der Waals surface area (Å²) in [6, 6.07) is 4.81. The fourth-order valence-electron chi connectivity index (χ4n) is 1.07. The van der Waals surface area contributed by atoms with E-state index in [0.717, 1.165) is 5.39 Å². The van der Waals surface area contributed by atoms with E-state index in [0.29, 0.717) is 11.2 Å². The van der Waals surface area contributed by atoms with E-state index in [1.807, 2.05) is 0 Å². The number of fused-ring (bicyclic) bond motifs is 1. The molecule has 4 heteroatoms. The second-order valence-corrected chi connectivity index (χ2v) is 2.50. The zero-order valence-electron chi connectivity index (χ0n) is 6.23. The van der Waals surface area contributed by atoms with Gasteiger partial charge in [0.1, 0.15) is 5.75 Å². The number of nitrogens with zero attached hydrogens (tertiary/aromatic N) is 2. The molecule has 1 aromatic carbocycles. The highest BCUT2D eigenvalue weighted by Crippen LogP contribution is 2.21. The van der Waals surface area contributed by atoms with Crippen LogP contribution in [0.15, 0.2) is 24.4 Å². The van der Waals surface area contributed by atoms with E-state index in [9.17, 15) is 0 Å². The predicted molar refractivity (Wildman–Crippen MR) is 45.6 cm³/mol. The van der Waals surface area contributed by atoms with E-state index in [2.05, 4.69) is 10.2 Å². The number of aromatic hydroxyl groups is 1. The maximum atomic E-state index is 9.11. The summed E-state index contributed by atoms with van der Waals surface area (Å²) in [5.74, 6) is 0.169. The molecular formula is C8H7N3O. The minimum absolute atomic E-state index is 0.169. The molecule has 0 bridgehead atoms. The number of phenolic OH excluding ortho intramolecular Hbond substituents is 1. The first-order chi connectivity index (χ1) is 5.77. The molecule has 2 rings (SSSR count). The van der Waals surface area contributed by atoms with Crippen molar-refractivity contribution in [2.24, 2.45) is 0 Å². The van der Waals surface area contributed by atoms with Crippen LogP contribution in [0.1, 0.15) is 0 Å². The molecule has 0 amide bonds. The van der Waals surface area contributed by atoms with Crippen LogP contribution < -0.4 is 5.73 Å². The maximum absolute atomic E-state index is 9.11. The van der Waals surface area contributed by atoms with Gasteiger partial charge in [-0.05, 0) is 12.1 Å². The smallest absolute Gasteiger partial charge is 0.117 e. The Hall–Kier alpha value is -1.84. The summed E-state index contributed by atoms with van der Waals surface area (Å²) in [7, 11) is 0. The second kappa shape index (κ2) is 2.34. The molecule has 1 heterocycles. The van der Waals surface area contributed by atoms with Gasteiger partial charge in [-0.25, -0.2) is 0 Å². The first-order valence-corrected chi connectivity index (χ1v) is 3.47. The predicted octanol–water partition coefficient (Wildman–Crippen LogP) is 0.918. The van der Waals surface area contributed by atoms with Gasteiger partial charge in [-0.3, -0.25) is 0 Å². The number of anilines is 1. The van der Waals surface area contributed by atoms with Gasteiger partial charge >= 0.3 is 0 Å². The van der Waals surface area contributed by atoms with E-state index in [-0.39, 0.29) is 5.75 Å². The van der Waals surface area contributed by atoms with Gasteiger partial charge in [0.25, 0.3) is 0 Å². The van der Waals surface area contributed by atoms with Crippen LogP contribution >= 0.6 is 0 Å². The highest BCUT2D eigenvalue weighted by atomic mass is 16.3. The van der Waals surface area contributed by atoms with Gasteiger partial charge in [0.2, 0.25) is 0 Å². The van der Waals surface area contributed by atoms with Gasteiger partial charge in [-0.1, -0.05) is 0 Å². The van der Waals surface area contributed by atoms with Gasteiger partial charge in [-0.15, -0.1) is 0 Å². The van der Waals surface area contributed by atoms with E-state index in [4.69, 9.17) is 10.8 Å². The van der Waals surface area contributed by atoms with Crippen molar-refractivity contribution in [1.29, 1.82) is 0 Å². The lowest BCUT2D eigenvalue weighted by molar-refractivity contribution is 0.476. The molecule has 0 fully saturated rings. The Morgan fingerprint density at radius 3 is 3.00 bits per heavy atom. The Morgan fingerprint density at radius 2 is 2.17 bits per heavy atom. The van der Waals surface area contributed by atoms with Crippen LogP contribution in [0.2, 0.25) is 0 Å². The average Bonchev–Trinajstić information content (AvgIpc) is 2.04. The Morgan fingerprint density at radius 1 is 1.33 bits per heavy atom. The van der Waals surface area contributed by atoms with Crippen molar-refractivity contribution < 1.29 is 5.11 Å². The van der Waals surface area contributed by atoms with E-state index in [1.54, 1.807) is 12.1 Å². The molecule has 0 atom stereocenters. The molecule has 1 aromatic heterocycles.